The zero-order valence-electron chi connectivity index (χ0n) is 18.5. The molecule has 0 saturated carbocycles. The summed E-state index contributed by atoms with van der Waals surface area (Å²) in [5, 5.41) is 4.47. The van der Waals surface area contributed by atoms with Crippen LogP contribution in [0.15, 0.2) is 66.7 Å². The van der Waals surface area contributed by atoms with Crippen molar-refractivity contribution in [2.45, 2.75) is 32.4 Å². The number of likely N-dealkylation sites (N-methyl/N-ethyl adjacent to an activating group) is 1. The number of hydrogen-bond donors (Lipinski definition) is 1. The number of carbonyl (C=O) groups is 2. The van der Waals surface area contributed by atoms with Crippen LogP contribution in [0.4, 0.5) is 0 Å². The van der Waals surface area contributed by atoms with Gasteiger partial charge in [-0.25, -0.2) is 0 Å². The molecular weight excluding hydrogens is 514 g/mol. The number of halogens is 4. The molecule has 3 aromatic carbocycles. The van der Waals surface area contributed by atoms with Gasteiger partial charge in [0.25, 0.3) is 0 Å². The minimum absolute atomic E-state index is 0.0314. The van der Waals surface area contributed by atoms with Crippen molar-refractivity contribution in [2.24, 2.45) is 0 Å². The van der Waals surface area contributed by atoms with Gasteiger partial charge in [0.05, 0.1) is 16.5 Å². The smallest absolute Gasteiger partial charge is 0.243 e. The molecule has 178 valence electrons. The molecule has 0 heterocycles. The van der Waals surface area contributed by atoms with E-state index in [-0.39, 0.29) is 24.8 Å². The Morgan fingerprint density at radius 2 is 1.50 bits per heavy atom. The summed E-state index contributed by atoms with van der Waals surface area (Å²) in [6.45, 7) is 2.35. The summed E-state index contributed by atoms with van der Waals surface area (Å²) in [7, 11) is 0. The monoisotopic (exact) mass is 536 g/mol. The van der Waals surface area contributed by atoms with Crippen LogP contribution in [0.5, 0.6) is 0 Å². The van der Waals surface area contributed by atoms with Crippen molar-refractivity contribution in [2.75, 3.05) is 6.54 Å². The molecule has 1 N–H and O–H groups in total. The highest BCUT2D eigenvalue weighted by Gasteiger charge is 2.31. The lowest BCUT2D eigenvalue weighted by molar-refractivity contribution is -0.140. The zero-order valence-corrected chi connectivity index (χ0v) is 21.6. The molecule has 0 spiro atoms. The molecule has 8 heteroatoms. The van der Waals surface area contributed by atoms with Crippen LogP contribution < -0.4 is 5.32 Å². The van der Waals surface area contributed by atoms with Gasteiger partial charge in [-0.3, -0.25) is 9.59 Å². The Morgan fingerprint density at radius 3 is 2.12 bits per heavy atom. The Labute approximate surface area is 219 Å². The summed E-state index contributed by atoms with van der Waals surface area (Å²) in [6.07, 6.45) is 0.367. The molecule has 0 aromatic heterocycles. The molecule has 4 nitrogen and oxygen atoms in total. The molecule has 2 amide bonds. The van der Waals surface area contributed by atoms with Crippen LogP contribution in [0.25, 0.3) is 0 Å². The highest BCUT2D eigenvalue weighted by molar-refractivity contribution is 6.42. The maximum absolute atomic E-state index is 13.7. The molecule has 34 heavy (non-hydrogen) atoms. The van der Waals surface area contributed by atoms with Crippen LogP contribution in [0.2, 0.25) is 20.1 Å². The standard InChI is InChI=1S/C26H24Cl4N2O2/c1-2-31-26(34)24(14-17-7-4-3-5-8-17)32(16-19-20(27)9-6-10-21(19)28)25(33)15-18-11-12-22(29)23(30)13-18/h3-13,24H,2,14-16H2,1H3,(H,31,34)/t24-/m1/s1. The highest BCUT2D eigenvalue weighted by Crippen LogP contribution is 2.28. The van der Waals surface area contributed by atoms with Crippen molar-refractivity contribution in [1.29, 1.82) is 0 Å². The Balaban J connectivity index is 2.01. The van der Waals surface area contributed by atoms with Gasteiger partial charge in [0.1, 0.15) is 6.04 Å². The first-order chi connectivity index (χ1) is 16.3. The van der Waals surface area contributed by atoms with Gasteiger partial charge in [-0.2, -0.15) is 0 Å². The van der Waals surface area contributed by atoms with E-state index in [0.717, 1.165) is 5.56 Å². The van der Waals surface area contributed by atoms with Crippen molar-refractivity contribution in [3.05, 3.63) is 104 Å². The van der Waals surface area contributed by atoms with Crippen LogP contribution >= 0.6 is 46.4 Å². The van der Waals surface area contributed by atoms with Crippen molar-refractivity contribution < 1.29 is 9.59 Å². The van der Waals surface area contributed by atoms with Crippen molar-refractivity contribution in [3.8, 4) is 0 Å². The molecule has 0 aliphatic carbocycles. The Morgan fingerprint density at radius 1 is 0.824 bits per heavy atom. The van der Waals surface area contributed by atoms with Crippen LogP contribution in [0, 0.1) is 0 Å². The van der Waals surface area contributed by atoms with E-state index in [0.29, 0.717) is 44.2 Å². The topological polar surface area (TPSA) is 49.4 Å². The highest BCUT2D eigenvalue weighted by atomic mass is 35.5. The van der Waals surface area contributed by atoms with Crippen LogP contribution in [-0.4, -0.2) is 29.3 Å². The number of nitrogens with one attached hydrogen (secondary N) is 1. The number of carbonyl (C=O) groups excluding carboxylic acids is 2. The summed E-state index contributed by atoms with van der Waals surface area (Å²) < 4.78 is 0. The van der Waals surface area contributed by atoms with Crippen LogP contribution in [-0.2, 0) is 29.0 Å². The predicted molar refractivity (Wildman–Crippen MR) is 140 cm³/mol. The lowest BCUT2D eigenvalue weighted by Gasteiger charge is -2.32. The van der Waals surface area contributed by atoms with Crippen molar-refractivity contribution >= 4 is 58.2 Å². The number of benzene rings is 3. The van der Waals surface area contributed by atoms with Gasteiger partial charge in [0, 0.05) is 35.1 Å². The maximum atomic E-state index is 13.7. The van der Waals surface area contributed by atoms with Gasteiger partial charge in [-0.1, -0.05) is 88.9 Å². The second-order valence-electron chi connectivity index (χ2n) is 7.75. The first-order valence-corrected chi connectivity index (χ1v) is 12.3. The van der Waals surface area contributed by atoms with Gasteiger partial charge in [0.15, 0.2) is 0 Å². The third kappa shape index (κ3) is 6.89. The number of hydrogen-bond acceptors (Lipinski definition) is 2. The van der Waals surface area contributed by atoms with E-state index in [1.807, 2.05) is 37.3 Å². The van der Waals surface area contributed by atoms with Crippen molar-refractivity contribution in [3.63, 3.8) is 0 Å². The lowest BCUT2D eigenvalue weighted by atomic mass is 10.0. The fraction of sp³-hybridized carbons (Fsp3) is 0.231. The van der Waals surface area contributed by atoms with Crippen LogP contribution in [0.3, 0.4) is 0 Å². The molecule has 3 rings (SSSR count). The normalized spacial score (nSPS) is 11.7. The van der Waals surface area contributed by atoms with Crippen LogP contribution in [0.1, 0.15) is 23.6 Å². The van der Waals surface area contributed by atoms with Gasteiger partial charge >= 0.3 is 0 Å². The van der Waals surface area contributed by atoms with Gasteiger partial charge < -0.3 is 10.2 Å². The maximum Gasteiger partial charge on any atom is 0.243 e. The molecule has 0 radical (unpaired) electrons. The molecular formula is C26H24Cl4N2O2. The number of rotatable bonds is 9. The van der Waals surface area contributed by atoms with E-state index in [4.69, 9.17) is 46.4 Å². The zero-order chi connectivity index (χ0) is 24.7. The summed E-state index contributed by atoms with van der Waals surface area (Å²) in [4.78, 5) is 28.4. The minimum atomic E-state index is -0.773. The van der Waals surface area contributed by atoms with E-state index >= 15 is 0 Å². The number of amides is 2. The average molecular weight is 538 g/mol. The average Bonchev–Trinajstić information content (AvgIpc) is 2.81. The molecule has 0 aliphatic heterocycles. The Kier molecular flexibility index (Phi) is 9.66. The lowest BCUT2D eigenvalue weighted by Crippen LogP contribution is -2.51. The molecule has 1 atom stereocenters. The molecule has 3 aromatic rings. The van der Waals surface area contributed by atoms with Crippen molar-refractivity contribution in [1.82, 2.24) is 10.2 Å². The molecule has 0 bridgehead atoms. The molecule has 0 saturated heterocycles. The van der Waals surface area contributed by atoms with E-state index in [1.54, 1.807) is 36.4 Å². The fourth-order valence-electron chi connectivity index (χ4n) is 3.63. The van der Waals surface area contributed by atoms with E-state index in [9.17, 15) is 9.59 Å². The van der Waals surface area contributed by atoms with E-state index in [2.05, 4.69) is 5.32 Å². The second-order valence-corrected chi connectivity index (χ2v) is 9.38. The van der Waals surface area contributed by atoms with E-state index in [1.165, 1.54) is 4.90 Å². The quantitative estimate of drug-likeness (QED) is 0.333. The summed E-state index contributed by atoms with van der Waals surface area (Å²) in [5.74, 6) is -0.515. The summed E-state index contributed by atoms with van der Waals surface area (Å²) in [6, 6.07) is 19.0. The first kappa shape index (κ1) is 26.4. The summed E-state index contributed by atoms with van der Waals surface area (Å²) >= 11 is 25.0. The molecule has 0 unspecified atom stereocenters. The predicted octanol–water partition coefficient (Wildman–Crippen LogP) is 6.62. The number of nitrogens with zero attached hydrogens (tertiary/aromatic N) is 1. The third-order valence-electron chi connectivity index (χ3n) is 5.35. The van der Waals surface area contributed by atoms with Gasteiger partial charge in [-0.15, -0.1) is 0 Å². The first-order valence-electron chi connectivity index (χ1n) is 10.8. The third-order valence-corrected chi connectivity index (χ3v) is 6.80. The Bertz CT molecular complexity index is 1130. The SMILES string of the molecule is CCNC(=O)[C@@H](Cc1ccccc1)N(Cc1c(Cl)cccc1Cl)C(=O)Cc1ccc(Cl)c(Cl)c1. The van der Waals surface area contributed by atoms with E-state index < -0.39 is 6.04 Å². The largest absolute Gasteiger partial charge is 0.355 e. The Hall–Kier alpha value is -2.24. The molecule has 0 fully saturated rings. The van der Waals surface area contributed by atoms with Gasteiger partial charge in [-0.05, 0) is 42.3 Å². The fourth-order valence-corrected chi connectivity index (χ4v) is 4.46. The minimum Gasteiger partial charge on any atom is -0.355 e. The van der Waals surface area contributed by atoms with Gasteiger partial charge in [0.2, 0.25) is 11.8 Å². The second kappa shape index (κ2) is 12.5. The summed E-state index contributed by atoms with van der Waals surface area (Å²) in [5.41, 5.74) is 2.19. The molecule has 0 aliphatic rings.